The highest BCUT2D eigenvalue weighted by atomic mass is 16.3. The molecule has 0 aliphatic heterocycles. The van der Waals surface area contributed by atoms with Gasteiger partial charge in [0.25, 0.3) is 0 Å². The summed E-state index contributed by atoms with van der Waals surface area (Å²) in [5.74, 6) is 0.228. The van der Waals surface area contributed by atoms with E-state index >= 15 is 0 Å². The average Bonchev–Trinajstić information content (AvgIpc) is 2.96. The number of aliphatic hydroxyl groups excluding tert-OH is 1. The van der Waals surface area contributed by atoms with E-state index in [2.05, 4.69) is 56.2 Å². The second-order valence-electron chi connectivity index (χ2n) is 5.93. The maximum absolute atomic E-state index is 9.67. The van der Waals surface area contributed by atoms with Crippen molar-refractivity contribution in [1.29, 1.82) is 0 Å². The fourth-order valence-electron chi connectivity index (χ4n) is 2.57. The molecule has 2 rings (SSSR count). The van der Waals surface area contributed by atoms with Crippen LogP contribution in [-0.2, 0) is 12.8 Å². The van der Waals surface area contributed by atoms with Crippen LogP contribution in [0.15, 0.2) is 36.5 Å². The Morgan fingerprint density at radius 2 is 1.95 bits per heavy atom. The van der Waals surface area contributed by atoms with E-state index in [9.17, 15) is 5.11 Å². The lowest BCUT2D eigenvalue weighted by atomic mass is 9.93. The first-order valence-electron chi connectivity index (χ1n) is 7.83. The summed E-state index contributed by atoms with van der Waals surface area (Å²) >= 11 is 0. The first kappa shape index (κ1) is 15.8. The number of hydrogen-bond donors (Lipinski definition) is 1. The molecule has 0 aliphatic carbocycles. The summed E-state index contributed by atoms with van der Waals surface area (Å²) in [6.45, 7) is 6.67. The molecule has 1 aromatic heterocycles. The van der Waals surface area contributed by atoms with Gasteiger partial charge in [-0.25, -0.2) is 0 Å². The van der Waals surface area contributed by atoms with Crippen molar-refractivity contribution in [1.82, 2.24) is 9.78 Å². The highest BCUT2D eigenvalue weighted by Gasteiger charge is 2.13. The summed E-state index contributed by atoms with van der Waals surface area (Å²) in [5, 5.41) is 14.3. The molecule has 3 nitrogen and oxygen atoms in total. The maximum Gasteiger partial charge on any atom is 0.0628 e. The van der Waals surface area contributed by atoms with Gasteiger partial charge in [0, 0.05) is 18.8 Å². The third kappa shape index (κ3) is 4.18. The molecule has 0 bridgehead atoms. The molecule has 0 saturated carbocycles. The minimum Gasteiger partial charge on any atom is -0.396 e. The van der Waals surface area contributed by atoms with Gasteiger partial charge < -0.3 is 5.11 Å². The molecule has 1 heterocycles. The standard InChI is InChI=1S/C18H26N2O/c1-4-15(3)20-10-9-18(19-20)12-16(13-21)11-17-8-6-5-7-14(17)2/h5-10,15-16,21H,4,11-13H2,1-3H3. The molecule has 114 valence electrons. The first-order chi connectivity index (χ1) is 10.1. The van der Waals surface area contributed by atoms with Crippen LogP contribution in [-0.4, -0.2) is 21.5 Å². The van der Waals surface area contributed by atoms with Crippen LogP contribution in [0.4, 0.5) is 0 Å². The Bertz CT molecular complexity index is 562. The summed E-state index contributed by atoms with van der Waals surface area (Å²) in [7, 11) is 0. The van der Waals surface area contributed by atoms with Crippen LogP contribution >= 0.6 is 0 Å². The van der Waals surface area contributed by atoms with Crippen LogP contribution in [0.1, 0.15) is 43.1 Å². The van der Waals surface area contributed by atoms with E-state index in [1.807, 2.05) is 10.9 Å². The topological polar surface area (TPSA) is 38.0 Å². The van der Waals surface area contributed by atoms with Gasteiger partial charge in [-0.15, -0.1) is 0 Å². The zero-order chi connectivity index (χ0) is 15.2. The van der Waals surface area contributed by atoms with Crippen LogP contribution in [0.5, 0.6) is 0 Å². The van der Waals surface area contributed by atoms with Crippen molar-refractivity contribution in [2.75, 3.05) is 6.61 Å². The SMILES string of the molecule is CCC(C)n1ccc(CC(CO)Cc2ccccc2C)n1. The molecular weight excluding hydrogens is 260 g/mol. The van der Waals surface area contributed by atoms with Crippen LogP contribution in [0, 0.1) is 12.8 Å². The normalized spacial score (nSPS) is 14.1. The Labute approximate surface area is 127 Å². The second-order valence-corrected chi connectivity index (χ2v) is 5.93. The zero-order valence-electron chi connectivity index (χ0n) is 13.3. The smallest absolute Gasteiger partial charge is 0.0628 e. The van der Waals surface area contributed by atoms with E-state index in [4.69, 9.17) is 0 Å². The monoisotopic (exact) mass is 286 g/mol. The van der Waals surface area contributed by atoms with E-state index in [0.717, 1.165) is 25.0 Å². The van der Waals surface area contributed by atoms with Crippen LogP contribution < -0.4 is 0 Å². The highest BCUT2D eigenvalue weighted by molar-refractivity contribution is 5.26. The van der Waals surface area contributed by atoms with Gasteiger partial charge in [-0.05, 0) is 56.2 Å². The average molecular weight is 286 g/mol. The van der Waals surface area contributed by atoms with Gasteiger partial charge in [0.2, 0.25) is 0 Å². The van der Waals surface area contributed by atoms with E-state index in [1.165, 1.54) is 11.1 Å². The molecule has 2 atom stereocenters. The number of aromatic nitrogens is 2. The van der Waals surface area contributed by atoms with Gasteiger partial charge in [-0.3, -0.25) is 4.68 Å². The third-order valence-corrected chi connectivity index (χ3v) is 4.23. The highest BCUT2D eigenvalue weighted by Crippen LogP contribution is 2.17. The van der Waals surface area contributed by atoms with Crippen LogP contribution in [0.2, 0.25) is 0 Å². The molecular formula is C18H26N2O. The van der Waals surface area contributed by atoms with E-state index in [0.29, 0.717) is 6.04 Å². The first-order valence-corrected chi connectivity index (χ1v) is 7.83. The maximum atomic E-state index is 9.67. The molecule has 0 fully saturated rings. The molecule has 0 amide bonds. The molecule has 0 aliphatic rings. The van der Waals surface area contributed by atoms with Gasteiger partial charge in [-0.2, -0.15) is 5.10 Å². The lowest BCUT2D eigenvalue weighted by Gasteiger charge is -2.15. The predicted molar refractivity (Wildman–Crippen MR) is 86.4 cm³/mol. The summed E-state index contributed by atoms with van der Waals surface area (Å²) in [6.07, 6.45) is 4.85. The summed E-state index contributed by atoms with van der Waals surface area (Å²) in [4.78, 5) is 0. The molecule has 0 radical (unpaired) electrons. The van der Waals surface area contributed by atoms with Crippen LogP contribution in [0.3, 0.4) is 0 Å². The van der Waals surface area contributed by atoms with Crippen LogP contribution in [0.25, 0.3) is 0 Å². The van der Waals surface area contributed by atoms with E-state index in [1.54, 1.807) is 0 Å². The van der Waals surface area contributed by atoms with Gasteiger partial charge in [0.05, 0.1) is 5.69 Å². The van der Waals surface area contributed by atoms with Crippen molar-refractivity contribution in [3.8, 4) is 0 Å². The largest absolute Gasteiger partial charge is 0.396 e. The molecule has 2 aromatic rings. The predicted octanol–water partition coefficient (Wildman–Crippen LogP) is 3.56. The Morgan fingerprint density at radius 3 is 2.62 bits per heavy atom. The van der Waals surface area contributed by atoms with E-state index in [-0.39, 0.29) is 12.5 Å². The third-order valence-electron chi connectivity index (χ3n) is 4.23. The number of aryl methyl sites for hydroxylation is 1. The molecule has 0 saturated heterocycles. The Hall–Kier alpha value is -1.61. The number of aliphatic hydroxyl groups is 1. The Balaban J connectivity index is 2.02. The zero-order valence-corrected chi connectivity index (χ0v) is 13.3. The molecule has 1 aromatic carbocycles. The van der Waals surface area contributed by atoms with Crippen molar-refractivity contribution < 1.29 is 5.11 Å². The minimum atomic E-state index is 0.199. The fourth-order valence-corrected chi connectivity index (χ4v) is 2.57. The van der Waals surface area contributed by atoms with Gasteiger partial charge in [-0.1, -0.05) is 31.2 Å². The van der Waals surface area contributed by atoms with Gasteiger partial charge in [0.1, 0.15) is 0 Å². The molecule has 21 heavy (non-hydrogen) atoms. The summed E-state index contributed by atoms with van der Waals surface area (Å²) in [6, 6.07) is 10.9. The van der Waals surface area contributed by atoms with Crippen molar-refractivity contribution in [2.45, 2.75) is 46.1 Å². The van der Waals surface area contributed by atoms with Crippen molar-refractivity contribution in [3.63, 3.8) is 0 Å². The summed E-state index contributed by atoms with van der Waals surface area (Å²) in [5.41, 5.74) is 3.68. The number of rotatable bonds is 7. The second kappa shape index (κ2) is 7.41. The summed E-state index contributed by atoms with van der Waals surface area (Å²) < 4.78 is 2.03. The molecule has 1 N–H and O–H groups in total. The number of hydrogen-bond acceptors (Lipinski definition) is 2. The fraction of sp³-hybridized carbons (Fsp3) is 0.500. The number of benzene rings is 1. The molecule has 0 spiro atoms. The van der Waals surface area contributed by atoms with Gasteiger partial charge in [0.15, 0.2) is 0 Å². The quantitative estimate of drug-likeness (QED) is 0.845. The lowest BCUT2D eigenvalue weighted by Crippen LogP contribution is -2.14. The van der Waals surface area contributed by atoms with E-state index < -0.39 is 0 Å². The number of nitrogens with zero attached hydrogens (tertiary/aromatic N) is 2. The lowest BCUT2D eigenvalue weighted by molar-refractivity contribution is 0.223. The molecule has 2 unspecified atom stereocenters. The Kier molecular flexibility index (Phi) is 5.57. The van der Waals surface area contributed by atoms with Crippen molar-refractivity contribution in [2.24, 2.45) is 5.92 Å². The van der Waals surface area contributed by atoms with Gasteiger partial charge >= 0.3 is 0 Å². The van der Waals surface area contributed by atoms with Crippen molar-refractivity contribution in [3.05, 3.63) is 53.3 Å². The van der Waals surface area contributed by atoms with Crippen molar-refractivity contribution >= 4 is 0 Å². The minimum absolute atomic E-state index is 0.199. The molecule has 3 heteroatoms. The Morgan fingerprint density at radius 1 is 1.19 bits per heavy atom.